The van der Waals surface area contributed by atoms with E-state index in [1.807, 2.05) is 51.1 Å². The molecule has 1 heterocycles. The lowest BCUT2D eigenvalue weighted by Crippen LogP contribution is -2.40. The number of anilines is 1. The number of aryl methyl sites for hydroxylation is 4. The maximum Gasteiger partial charge on any atom is 0.265 e. The summed E-state index contributed by atoms with van der Waals surface area (Å²) >= 11 is 0. The van der Waals surface area contributed by atoms with Gasteiger partial charge < -0.3 is 10.0 Å². The van der Waals surface area contributed by atoms with Crippen molar-refractivity contribution >= 4 is 15.7 Å². The van der Waals surface area contributed by atoms with Crippen molar-refractivity contribution < 1.29 is 13.5 Å². The van der Waals surface area contributed by atoms with Crippen LogP contribution >= 0.6 is 0 Å². The van der Waals surface area contributed by atoms with Crippen molar-refractivity contribution in [1.29, 1.82) is 0 Å². The van der Waals surface area contributed by atoms with Gasteiger partial charge in [-0.1, -0.05) is 61.7 Å². The third-order valence-electron chi connectivity index (χ3n) is 7.90. The molecular formula is C33H44N2O3S. The molecule has 210 valence electrons. The van der Waals surface area contributed by atoms with Crippen molar-refractivity contribution in [2.45, 2.75) is 90.1 Å². The van der Waals surface area contributed by atoms with E-state index in [0.717, 1.165) is 47.7 Å². The fraction of sp³-hybridized carbons (Fsp3) is 0.455. The van der Waals surface area contributed by atoms with Gasteiger partial charge in [-0.15, -0.1) is 0 Å². The third-order valence-corrected chi connectivity index (χ3v) is 9.98. The maximum absolute atomic E-state index is 14.1. The van der Waals surface area contributed by atoms with E-state index in [4.69, 9.17) is 0 Å². The fourth-order valence-electron chi connectivity index (χ4n) is 6.15. The molecule has 6 heteroatoms. The number of likely N-dealkylation sites (tertiary alicyclic amines) is 1. The van der Waals surface area contributed by atoms with Crippen molar-refractivity contribution in [2.24, 2.45) is 0 Å². The van der Waals surface area contributed by atoms with Crippen LogP contribution in [0.25, 0.3) is 0 Å². The van der Waals surface area contributed by atoms with Crippen LogP contribution in [-0.2, 0) is 23.0 Å². The van der Waals surface area contributed by atoms with E-state index in [1.54, 1.807) is 18.2 Å². The number of phenolic OH excluding ortho intramolecular Hbond substituents is 1. The molecule has 5 nitrogen and oxygen atoms in total. The monoisotopic (exact) mass is 548 g/mol. The molecule has 1 aliphatic heterocycles. The molecule has 1 fully saturated rings. The summed E-state index contributed by atoms with van der Waals surface area (Å²) in [6.45, 7) is 10.4. The molecule has 1 aliphatic rings. The van der Waals surface area contributed by atoms with Crippen LogP contribution in [0.4, 0.5) is 5.69 Å². The lowest BCUT2D eigenvalue weighted by atomic mass is 9.97. The molecular weight excluding hydrogens is 504 g/mol. The van der Waals surface area contributed by atoms with Crippen molar-refractivity contribution in [3.8, 4) is 5.75 Å². The number of piperidine rings is 1. The topological polar surface area (TPSA) is 60.9 Å². The number of sulfonamides is 1. The molecule has 0 aliphatic carbocycles. The van der Waals surface area contributed by atoms with Crippen LogP contribution in [0.3, 0.4) is 0 Å². The van der Waals surface area contributed by atoms with Gasteiger partial charge in [0.15, 0.2) is 0 Å². The minimum Gasteiger partial charge on any atom is -0.508 e. The summed E-state index contributed by atoms with van der Waals surface area (Å²) in [4.78, 5) is 3.03. The molecule has 3 aromatic rings. The van der Waals surface area contributed by atoms with Gasteiger partial charge in [-0.2, -0.15) is 0 Å². The van der Waals surface area contributed by atoms with Crippen molar-refractivity contribution in [3.63, 3.8) is 0 Å². The van der Waals surface area contributed by atoms with Gasteiger partial charge in [0.25, 0.3) is 10.0 Å². The maximum atomic E-state index is 14.1. The Morgan fingerprint density at radius 2 is 1.67 bits per heavy atom. The van der Waals surface area contributed by atoms with E-state index in [-0.39, 0.29) is 12.3 Å². The zero-order chi connectivity index (χ0) is 28.0. The number of nitrogens with zero attached hydrogens (tertiary/aromatic N) is 2. The minimum atomic E-state index is -3.85. The van der Waals surface area contributed by atoms with Crippen molar-refractivity contribution in [2.75, 3.05) is 17.4 Å². The van der Waals surface area contributed by atoms with E-state index in [0.29, 0.717) is 10.6 Å². The molecule has 1 saturated heterocycles. The summed E-state index contributed by atoms with van der Waals surface area (Å²) in [6, 6.07) is 19.4. The summed E-state index contributed by atoms with van der Waals surface area (Å²) < 4.78 is 29.8. The highest BCUT2D eigenvalue weighted by Gasteiger charge is 2.29. The molecule has 0 amide bonds. The largest absolute Gasteiger partial charge is 0.508 e. The number of rotatable bonds is 11. The van der Waals surface area contributed by atoms with Gasteiger partial charge >= 0.3 is 0 Å². The molecule has 4 rings (SSSR count). The second-order valence-electron chi connectivity index (χ2n) is 11.2. The van der Waals surface area contributed by atoms with Crippen LogP contribution in [0, 0.1) is 20.8 Å². The fourth-order valence-corrected chi connectivity index (χ4v) is 8.02. The number of aromatic hydroxyl groups is 1. The second-order valence-corrected chi connectivity index (χ2v) is 13.0. The predicted octanol–water partition coefficient (Wildman–Crippen LogP) is 7.30. The van der Waals surface area contributed by atoms with Crippen LogP contribution in [0.15, 0.2) is 65.6 Å². The van der Waals surface area contributed by atoms with E-state index >= 15 is 0 Å². The van der Waals surface area contributed by atoms with Gasteiger partial charge in [0, 0.05) is 6.04 Å². The highest BCUT2D eigenvalue weighted by molar-refractivity contribution is 7.92. The molecule has 0 bridgehead atoms. The standard InChI is InChI=1S/C33H44N2O3S/c1-5-10-30-13-6-7-19-34(30)20-9-12-28-15-17-31(18-16-28)35(24-29-11-8-14-32(36)23-29)39(37,38)33-26(3)21-25(2)22-27(33)4/h8,11,14-18,21-23,30,36H,5-7,9-10,12-13,19-20,24H2,1-4H3. The summed E-state index contributed by atoms with van der Waals surface area (Å²) in [5.41, 5.74) is 5.10. The van der Waals surface area contributed by atoms with Gasteiger partial charge in [0.1, 0.15) is 5.75 Å². The molecule has 0 spiro atoms. The predicted molar refractivity (Wildman–Crippen MR) is 161 cm³/mol. The van der Waals surface area contributed by atoms with Gasteiger partial charge in [-0.05, 0) is 112 Å². The van der Waals surface area contributed by atoms with Gasteiger partial charge in [0.05, 0.1) is 17.1 Å². The average molecular weight is 549 g/mol. The molecule has 39 heavy (non-hydrogen) atoms. The number of phenols is 1. The SMILES string of the molecule is CCCC1CCCCN1CCCc1ccc(N(Cc2cccc(O)c2)S(=O)(=O)c2c(C)cc(C)cc2C)cc1. The number of hydrogen-bond donors (Lipinski definition) is 1. The molecule has 0 radical (unpaired) electrons. The number of hydrogen-bond acceptors (Lipinski definition) is 4. The zero-order valence-electron chi connectivity index (χ0n) is 24.0. The Balaban J connectivity index is 1.56. The summed E-state index contributed by atoms with van der Waals surface area (Å²) in [6.07, 6.45) is 8.60. The smallest absolute Gasteiger partial charge is 0.265 e. The first-order chi connectivity index (χ1) is 18.7. The van der Waals surface area contributed by atoms with Crippen LogP contribution in [-0.4, -0.2) is 37.6 Å². The van der Waals surface area contributed by atoms with Crippen LogP contribution in [0.1, 0.15) is 73.3 Å². The van der Waals surface area contributed by atoms with Crippen LogP contribution < -0.4 is 4.31 Å². The van der Waals surface area contributed by atoms with Gasteiger partial charge in [0.2, 0.25) is 0 Å². The van der Waals surface area contributed by atoms with E-state index in [9.17, 15) is 13.5 Å². The first kappa shape index (κ1) is 29.2. The summed E-state index contributed by atoms with van der Waals surface area (Å²) in [5.74, 6) is 0.123. The summed E-state index contributed by atoms with van der Waals surface area (Å²) in [5, 5.41) is 10.0. The normalized spacial score (nSPS) is 16.4. The van der Waals surface area contributed by atoms with E-state index < -0.39 is 10.0 Å². The van der Waals surface area contributed by atoms with E-state index in [2.05, 4.69) is 24.0 Å². The van der Waals surface area contributed by atoms with E-state index in [1.165, 1.54) is 48.5 Å². The lowest BCUT2D eigenvalue weighted by Gasteiger charge is -2.35. The average Bonchev–Trinajstić information content (AvgIpc) is 2.88. The Morgan fingerprint density at radius 3 is 2.33 bits per heavy atom. The zero-order valence-corrected chi connectivity index (χ0v) is 24.8. The molecule has 0 aromatic heterocycles. The van der Waals surface area contributed by atoms with Crippen molar-refractivity contribution in [1.82, 2.24) is 4.90 Å². The van der Waals surface area contributed by atoms with Gasteiger partial charge in [-0.3, -0.25) is 4.31 Å². The summed E-state index contributed by atoms with van der Waals surface area (Å²) in [7, 11) is -3.85. The molecule has 1 N–H and O–H groups in total. The molecule has 1 atom stereocenters. The van der Waals surface area contributed by atoms with Crippen molar-refractivity contribution in [3.05, 3.63) is 88.5 Å². The first-order valence-electron chi connectivity index (χ1n) is 14.4. The number of benzene rings is 3. The molecule has 3 aromatic carbocycles. The minimum absolute atomic E-state index is 0.123. The lowest BCUT2D eigenvalue weighted by molar-refractivity contribution is 0.138. The third kappa shape index (κ3) is 7.23. The highest BCUT2D eigenvalue weighted by Crippen LogP contribution is 2.31. The Morgan fingerprint density at radius 1 is 0.949 bits per heavy atom. The van der Waals surface area contributed by atoms with Crippen LogP contribution in [0.5, 0.6) is 5.75 Å². The Hall–Kier alpha value is -2.83. The van der Waals surface area contributed by atoms with Crippen LogP contribution in [0.2, 0.25) is 0 Å². The van der Waals surface area contributed by atoms with Gasteiger partial charge in [-0.25, -0.2) is 8.42 Å². The second kappa shape index (κ2) is 13.0. The molecule has 1 unspecified atom stereocenters. The highest BCUT2D eigenvalue weighted by atomic mass is 32.2. The Labute approximate surface area is 235 Å². The Bertz CT molecular complexity index is 1330. The Kier molecular flexibility index (Phi) is 9.73. The first-order valence-corrected chi connectivity index (χ1v) is 15.8. The quantitative estimate of drug-likeness (QED) is 0.273. The molecule has 0 saturated carbocycles.